The maximum absolute atomic E-state index is 7.65. The number of allylic oxidation sites excluding steroid dienone is 1. The van der Waals surface area contributed by atoms with Crippen molar-refractivity contribution in [2.24, 2.45) is 0 Å². The molecule has 0 bridgehead atoms. The molecule has 0 saturated carbocycles. The zero-order valence-corrected chi connectivity index (χ0v) is 16.3. The molecule has 0 amide bonds. The van der Waals surface area contributed by atoms with Crippen molar-refractivity contribution in [3.8, 4) is 0 Å². The predicted octanol–water partition coefficient (Wildman–Crippen LogP) is 7.25. The van der Waals surface area contributed by atoms with E-state index in [1.54, 1.807) is 25.6 Å². The Labute approximate surface area is 173 Å². The summed E-state index contributed by atoms with van der Waals surface area (Å²) < 4.78 is 12.2. The molecule has 0 atom stereocenters. The minimum atomic E-state index is 0. The monoisotopic (exact) mass is 384 g/mol. The smallest absolute Gasteiger partial charge is 0.133 e. The first-order valence-corrected chi connectivity index (χ1v) is 8.89. The van der Waals surface area contributed by atoms with Crippen LogP contribution < -0.4 is 4.90 Å². The molecular formula is C24H37N3O. The number of anilines is 2. The van der Waals surface area contributed by atoms with Gasteiger partial charge in [-0.05, 0) is 50.2 Å². The standard InChI is InChI=1S/C16H15N3.C4H8O.C2H6.2CH4/c1-2-19(13-7-4-3-5-8-13)16-11-10-14-15(18-16)9-6-12-17-14;1-3-4-5-2;1-2;;/h3-12H,2H2,1H3;3-4H,1-2H3;1-2H3;2*1H4/i6D;;;;. The highest BCUT2D eigenvalue weighted by Gasteiger charge is 2.08. The van der Waals surface area contributed by atoms with Crippen LogP contribution in [0.25, 0.3) is 11.0 Å². The topological polar surface area (TPSA) is 38.2 Å². The highest BCUT2D eigenvalue weighted by Crippen LogP contribution is 2.24. The lowest BCUT2D eigenvalue weighted by Crippen LogP contribution is -2.17. The predicted molar refractivity (Wildman–Crippen MR) is 125 cm³/mol. The van der Waals surface area contributed by atoms with Crippen molar-refractivity contribution in [1.29, 1.82) is 0 Å². The molecule has 0 aliphatic rings. The van der Waals surface area contributed by atoms with Gasteiger partial charge < -0.3 is 9.64 Å². The van der Waals surface area contributed by atoms with Crippen molar-refractivity contribution in [3.05, 3.63) is 73.1 Å². The van der Waals surface area contributed by atoms with Crippen molar-refractivity contribution in [1.82, 2.24) is 9.97 Å². The largest absolute Gasteiger partial charge is 0.505 e. The van der Waals surface area contributed by atoms with Gasteiger partial charge in [0.2, 0.25) is 0 Å². The fraction of sp³-hybridized carbons (Fsp3) is 0.333. The molecule has 2 heterocycles. The minimum absolute atomic E-state index is 0. The van der Waals surface area contributed by atoms with Gasteiger partial charge in [-0.25, -0.2) is 4.98 Å². The Hall–Kier alpha value is -2.88. The molecule has 3 aromatic rings. The Morgan fingerprint density at radius 1 is 1.04 bits per heavy atom. The maximum atomic E-state index is 7.65. The molecule has 4 heteroatoms. The van der Waals surface area contributed by atoms with Crippen molar-refractivity contribution >= 4 is 22.5 Å². The van der Waals surface area contributed by atoms with E-state index in [9.17, 15) is 0 Å². The Balaban J connectivity index is 0. The Morgan fingerprint density at radius 3 is 2.25 bits per heavy atom. The van der Waals surface area contributed by atoms with Gasteiger partial charge in [0.05, 0.1) is 25.8 Å². The van der Waals surface area contributed by atoms with E-state index in [0.717, 1.165) is 29.1 Å². The molecule has 0 spiro atoms. The van der Waals surface area contributed by atoms with E-state index >= 15 is 0 Å². The van der Waals surface area contributed by atoms with Gasteiger partial charge in [-0.3, -0.25) is 4.98 Å². The van der Waals surface area contributed by atoms with E-state index in [1.807, 2.05) is 57.2 Å². The molecule has 3 rings (SSSR count). The molecule has 28 heavy (non-hydrogen) atoms. The number of para-hydroxylation sites is 1. The van der Waals surface area contributed by atoms with Gasteiger partial charge in [-0.2, -0.15) is 0 Å². The highest BCUT2D eigenvalue weighted by molar-refractivity contribution is 5.77. The summed E-state index contributed by atoms with van der Waals surface area (Å²) in [4.78, 5) is 11.0. The van der Waals surface area contributed by atoms with Crippen LogP contribution in [0.3, 0.4) is 0 Å². The molecule has 0 aliphatic heterocycles. The van der Waals surface area contributed by atoms with Gasteiger partial charge in [0, 0.05) is 18.4 Å². The van der Waals surface area contributed by atoms with Crippen LogP contribution in [0.5, 0.6) is 0 Å². The number of rotatable bonds is 4. The fourth-order valence-electron chi connectivity index (χ4n) is 2.27. The maximum Gasteiger partial charge on any atom is 0.133 e. The summed E-state index contributed by atoms with van der Waals surface area (Å²) in [6.07, 6.45) is 5.00. The second-order valence-corrected chi connectivity index (χ2v) is 4.93. The third kappa shape index (κ3) is 8.21. The normalized spacial score (nSPS) is 9.54. The highest BCUT2D eigenvalue weighted by atomic mass is 16.5. The SMILES string of the molecule is C.C.CC.CC=COC.[2H]c1cnc2ccc(N(CC)c3ccccc3)nc2c1. The fourth-order valence-corrected chi connectivity index (χ4v) is 2.27. The molecule has 1 aromatic carbocycles. The number of methoxy groups -OCH3 is 1. The molecule has 154 valence electrons. The summed E-state index contributed by atoms with van der Waals surface area (Å²) in [5.41, 5.74) is 2.68. The lowest BCUT2D eigenvalue weighted by molar-refractivity contribution is 0.337. The molecular weight excluding hydrogens is 346 g/mol. The van der Waals surface area contributed by atoms with Gasteiger partial charge in [0.25, 0.3) is 0 Å². The quantitative estimate of drug-likeness (QED) is 0.444. The molecule has 2 aromatic heterocycles. The number of fused-ring (bicyclic) bond motifs is 1. The van der Waals surface area contributed by atoms with E-state index in [0.29, 0.717) is 6.04 Å². The summed E-state index contributed by atoms with van der Waals surface area (Å²) >= 11 is 0. The van der Waals surface area contributed by atoms with Gasteiger partial charge in [-0.1, -0.05) is 53.0 Å². The minimum Gasteiger partial charge on any atom is -0.505 e. The second-order valence-electron chi connectivity index (χ2n) is 4.93. The number of pyridine rings is 2. The van der Waals surface area contributed by atoms with Gasteiger partial charge in [-0.15, -0.1) is 0 Å². The van der Waals surface area contributed by atoms with E-state index in [-0.39, 0.29) is 14.9 Å². The van der Waals surface area contributed by atoms with Crippen LogP contribution >= 0.6 is 0 Å². The zero-order valence-electron chi connectivity index (χ0n) is 17.3. The first kappa shape index (κ1) is 25.1. The lowest BCUT2D eigenvalue weighted by Gasteiger charge is -2.22. The first-order chi connectivity index (χ1) is 13.2. The molecule has 0 saturated heterocycles. The number of benzene rings is 1. The average Bonchev–Trinajstić information content (AvgIpc) is 2.72. The average molecular weight is 385 g/mol. The van der Waals surface area contributed by atoms with Crippen LogP contribution in [0.4, 0.5) is 11.5 Å². The molecule has 0 radical (unpaired) electrons. The second kappa shape index (κ2) is 16.3. The van der Waals surface area contributed by atoms with Crippen molar-refractivity contribution in [3.63, 3.8) is 0 Å². The number of nitrogens with zero attached hydrogens (tertiary/aromatic N) is 3. The van der Waals surface area contributed by atoms with E-state index < -0.39 is 0 Å². The van der Waals surface area contributed by atoms with Crippen LogP contribution in [0.15, 0.2) is 73.1 Å². The number of hydrogen-bond donors (Lipinski definition) is 0. The van der Waals surface area contributed by atoms with Crippen LogP contribution in [-0.2, 0) is 4.74 Å². The third-order valence-electron chi connectivity index (χ3n) is 3.32. The van der Waals surface area contributed by atoms with Gasteiger partial charge in [0.15, 0.2) is 0 Å². The lowest BCUT2D eigenvalue weighted by atomic mass is 10.2. The summed E-state index contributed by atoms with van der Waals surface area (Å²) in [5.74, 6) is 0.874. The molecule has 0 fully saturated rings. The van der Waals surface area contributed by atoms with Gasteiger partial charge in [0.1, 0.15) is 5.82 Å². The summed E-state index contributed by atoms with van der Waals surface area (Å²) in [6.45, 7) is 8.83. The van der Waals surface area contributed by atoms with Crippen molar-refractivity contribution in [2.45, 2.75) is 42.5 Å². The number of hydrogen-bond acceptors (Lipinski definition) is 4. The summed E-state index contributed by atoms with van der Waals surface area (Å²) in [5, 5.41) is 0. The molecule has 0 unspecified atom stereocenters. The van der Waals surface area contributed by atoms with E-state index in [4.69, 9.17) is 1.37 Å². The molecule has 4 nitrogen and oxygen atoms in total. The summed E-state index contributed by atoms with van der Waals surface area (Å²) in [6, 6.07) is 16.2. The van der Waals surface area contributed by atoms with Crippen LogP contribution in [0, 0.1) is 0 Å². The number of ether oxygens (including phenoxy) is 1. The van der Waals surface area contributed by atoms with Crippen LogP contribution in [0.1, 0.15) is 43.9 Å². The first-order valence-electron chi connectivity index (χ1n) is 9.39. The summed E-state index contributed by atoms with van der Waals surface area (Å²) in [7, 11) is 1.62. The molecule has 0 N–H and O–H groups in total. The van der Waals surface area contributed by atoms with Gasteiger partial charge >= 0.3 is 0 Å². The Morgan fingerprint density at radius 2 is 1.71 bits per heavy atom. The third-order valence-corrected chi connectivity index (χ3v) is 3.32. The Kier molecular flexibility index (Phi) is 14.6. The van der Waals surface area contributed by atoms with E-state index in [1.165, 1.54) is 0 Å². The van der Waals surface area contributed by atoms with Crippen LogP contribution in [-0.4, -0.2) is 23.6 Å². The van der Waals surface area contributed by atoms with Crippen molar-refractivity contribution in [2.75, 3.05) is 18.6 Å². The molecule has 0 aliphatic carbocycles. The number of aromatic nitrogens is 2. The van der Waals surface area contributed by atoms with E-state index in [2.05, 4.69) is 38.7 Å². The Bertz CT molecular complexity index is 823. The zero-order chi connectivity index (χ0) is 20.1. The van der Waals surface area contributed by atoms with Crippen molar-refractivity contribution < 1.29 is 6.11 Å². The van der Waals surface area contributed by atoms with Crippen LogP contribution in [0.2, 0.25) is 0 Å².